The van der Waals surface area contributed by atoms with Gasteiger partial charge in [-0.3, -0.25) is 9.36 Å². The van der Waals surface area contributed by atoms with E-state index in [1.807, 2.05) is 85.9 Å². The Labute approximate surface area is 178 Å². The first-order valence-electron chi connectivity index (χ1n) is 9.87. The highest BCUT2D eigenvalue weighted by atomic mass is 16.5. The second-order valence-corrected chi connectivity index (χ2v) is 7.09. The van der Waals surface area contributed by atoms with Gasteiger partial charge in [0.25, 0.3) is 5.56 Å². The number of aromatic nitrogens is 5. The summed E-state index contributed by atoms with van der Waals surface area (Å²) in [5, 5.41) is 8.92. The lowest BCUT2D eigenvalue weighted by atomic mass is 10.2. The van der Waals surface area contributed by atoms with Crippen LogP contribution >= 0.6 is 0 Å². The molecule has 0 aliphatic carbocycles. The Morgan fingerprint density at radius 1 is 0.903 bits per heavy atom. The maximum atomic E-state index is 13.1. The third-order valence-corrected chi connectivity index (χ3v) is 4.97. The monoisotopic (exact) mass is 409 g/mol. The molecule has 2 heterocycles. The third-order valence-electron chi connectivity index (χ3n) is 4.97. The van der Waals surface area contributed by atoms with Crippen LogP contribution in [-0.2, 0) is 6.61 Å². The molecule has 0 aliphatic rings. The molecule has 0 saturated heterocycles. The lowest BCUT2D eigenvalue weighted by Gasteiger charge is -2.11. The van der Waals surface area contributed by atoms with Crippen LogP contribution in [0.5, 0.6) is 5.75 Å². The highest BCUT2D eigenvalue weighted by molar-refractivity contribution is 5.80. The van der Waals surface area contributed by atoms with E-state index in [2.05, 4.69) is 15.3 Å². The van der Waals surface area contributed by atoms with Gasteiger partial charge >= 0.3 is 0 Å². The van der Waals surface area contributed by atoms with Crippen molar-refractivity contribution in [1.29, 1.82) is 0 Å². The number of hydrogen-bond donors (Lipinski definition) is 0. The smallest absolute Gasteiger partial charge is 0.265 e. The minimum Gasteiger partial charge on any atom is -0.487 e. The summed E-state index contributed by atoms with van der Waals surface area (Å²) in [5.74, 6) is 1.40. The van der Waals surface area contributed by atoms with E-state index in [4.69, 9.17) is 4.74 Å². The van der Waals surface area contributed by atoms with Gasteiger partial charge in [-0.15, -0.1) is 5.10 Å². The van der Waals surface area contributed by atoms with E-state index < -0.39 is 0 Å². The molecule has 31 heavy (non-hydrogen) atoms. The summed E-state index contributed by atoms with van der Waals surface area (Å²) in [4.78, 5) is 17.8. The van der Waals surface area contributed by atoms with Crippen molar-refractivity contribution in [3.8, 4) is 17.1 Å². The number of rotatable bonds is 5. The van der Waals surface area contributed by atoms with Crippen molar-refractivity contribution in [3.05, 3.63) is 107 Å². The molecular formula is C24H19N5O2. The minimum atomic E-state index is -0.101. The predicted molar refractivity (Wildman–Crippen MR) is 118 cm³/mol. The van der Waals surface area contributed by atoms with Crippen LogP contribution in [0, 0.1) is 6.92 Å². The fourth-order valence-corrected chi connectivity index (χ4v) is 3.47. The molecule has 3 aromatic carbocycles. The summed E-state index contributed by atoms with van der Waals surface area (Å²) < 4.78 is 9.00. The fraction of sp³-hybridized carbons (Fsp3) is 0.0833. The Hall–Kier alpha value is -4.26. The Bertz CT molecular complexity index is 1410. The van der Waals surface area contributed by atoms with Gasteiger partial charge in [-0.1, -0.05) is 41.6 Å². The zero-order valence-corrected chi connectivity index (χ0v) is 16.8. The summed E-state index contributed by atoms with van der Waals surface area (Å²) >= 11 is 0. The molecular weight excluding hydrogens is 390 g/mol. The van der Waals surface area contributed by atoms with Crippen LogP contribution in [0.3, 0.4) is 0 Å². The lowest BCUT2D eigenvalue weighted by Crippen LogP contribution is -2.22. The van der Waals surface area contributed by atoms with Crippen molar-refractivity contribution in [1.82, 2.24) is 24.5 Å². The molecule has 0 fully saturated rings. The van der Waals surface area contributed by atoms with Crippen LogP contribution in [-0.4, -0.2) is 24.5 Å². The number of benzene rings is 3. The van der Waals surface area contributed by atoms with Gasteiger partial charge in [-0.25, -0.2) is 9.67 Å². The van der Waals surface area contributed by atoms with E-state index >= 15 is 0 Å². The van der Waals surface area contributed by atoms with Crippen molar-refractivity contribution in [2.45, 2.75) is 13.5 Å². The molecule has 152 valence electrons. The molecule has 0 aliphatic heterocycles. The van der Waals surface area contributed by atoms with E-state index in [0.717, 1.165) is 17.1 Å². The zero-order chi connectivity index (χ0) is 21.2. The Kier molecular flexibility index (Phi) is 4.76. The lowest BCUT2D eigenvalue weighted by molar-refractivity contribution is 0.301. The number of hydrogen-bond acceptors (Lipinski definition) is 5. The van der Waals surface area contributed by atoms with E-state index in [1.54, 1.807) is 15.3 Å². The molecule has 7 heteroatoms. The Morgan fingerprint density at radius 2 is 1.65 bits per heavy atom. The van der Waals surface area contributed by atoms with Crippen LogP contribution in [0.25, 0.3) is 22.3 Å². The molecule has 0 radical (unpaired) electrons. The molecule has 0 N–H and O–H groups in total. The highest BCUT2D eigenvalue weighted by Gasteiger charge is 2.12. The van der Waals surface area contributed by atoms with Gasteiger partial charge < -0.3 is 4.74 Å². The first-order valence-corrected chi connectivity index (χ1v) is 9.87. The van der Waals surface area contributed by atoms with Crippen molar-refractivity contribution in [2.24, 2.45) is 0 Å². The van der Waals surface area contributed by atoms with Crippen LogP contribution < -0.4 is 10.3 Å². The normalized spacial score (nSPS) is 11.0. The number of aryl methyl sites for hydroxylation is 1. The highest BCUT2D eigenvalue weighted by Crippen LogP contribution is 2.17. The van der Waals surface area contributed by atoms with Gasteiger partial charge in [0.15, 0.2) is 0 Å². The van der Waals surface area contributed by atoms with Gasteiger partial charge in [0.2, 0.25) is 0 Å². The number of nitrogens with zero attached hydrogens (tertiary/aromatic N) is 5. The number of ether oxygens (including phenoxy) is 1. The van der Waals surface area contributed by atoms with Crippen LogP contribution in [0.15, 0.2) is 89.9 Å². The van der Waals surface area contributed by atoms with Crippen molar-refractivity contribution >= 4 is 10.9 Å². The van der Waals surface area contributed by atoms with E-state index in [0.29, 0.717) is 29.0 Å². The zero-order valence-electron chi connectivity index (χ0n) is 16.8. The van der Waals surface area contributed by atoms with Gasteiger partial charge in [0.05, 0.1) is 28.5 Å². The molecule has 7 nitrogen and oxygen atoms in total. The molecule has 0 atom stereocenters. The SMILES string of the molecule is Cc1nc2cc(-n3cc(COc4ccccc4)nn3)ccc2c(=O)n1-c1ccccc1. The topological polar surface area (TPSA) is 74.8 Å². The van der Waals surface area contributed by atoms with E-state index in [9.17, 15) is 4.79 Å². The summed E-state index contributed by atoms with van der Waals surface area (Å²) in [7, 11) is 0. The molecule has 0 unspecified atom stereocenters. The van der Waals surface area contributed by atoms with Crippen LogP contribution in [0.2, 0.25) is 0 Å². The molecule has 5 rings (SSSR count). The fourth-order valence-electron chi connectivity index (χ4n) is 3.47. The third kappa shape index (κ3) is 3.69. The predicted octanol–water partition coefficient (Wildman–Crippen LogP) is 3.85. The first-order chi connectivity index (χ1) is 15.2. The molecule has 0 saturated carbocycles. The summed E-state index contributed by atoms with van der Waals surface area (Å²) in [6, 6.07) is 24.5. The summed E-state index contributed by atoms with van der Waals surface area (Å²) in [6.45, 7) is 2.14. The summed E-state index contributed by atoms with van der Waals surface area (Å²) in [6.07, 6.45) is 1.81. The second kappa shape index (κ2) is 7.87. The molecule has 5 aromatic rings. The second-order valence-electron chi connectivity index (χ2n) is 7.09. The van der Waals surface area contributed by atoms with Crippen molar-refractivity contribution in [2.75, 3.05) is 0 Å². The minimum absolute atomic E-state index is 0.101. The number of fused-ring (bicyclic) bond motifs is 1. The van der Waals surface area contributed by atoms with Gasteiger partial charge in [0.1, 0.15) is 23.9 Å². The van der Waals surface area contributed by atoms with Gasteiger partial charge in [0, 0.05) is 0 Å². The maximum absolute atomic E-state index is 13.1. The molecule has 0 spiro atoms. The molecule has 0 amide bonds. The quantitative estimate of drug-likeness (QED) is 0.441. The average molecular weight is 409 g/mol. The van der Waals surface area contributed by atoms with Gasteiger partial charge in [-0.2, -0.15) is 0 Å². The Morgan fingerprint density at radius 3 is 2.42 bits per heavy atom. The Balaban J connectivity index is 1.45. The van der Waals surface area contributed by atoms with Crippen molar-refractivity contribution in [3.63, 3.8) is 0 Å². The molecule has 0 bridgehead atoms. The number of para-hydroxylation sites is 2. The van der Waals surface area contributed by atoms with E-state index in [1.165, 1.54) is 0 Å². The largest absolute Gasteiger partial charge is 0.487 e. The standard InChI is InChI=1S/C24H19N5O2/c1-17-25-23-14-20(12-13-22(23)24(30)29(17)19-8-4-2-5-9-19)28-15-18(26-27-28)16-31-21-10-6-3-7-11-21/h2-15H,16H2,1H3. The van der Waals surface area contributed by atoms with E-state index in [-0.39, 0.29) is 5.56 Å². The van der Waals surface area contributed by atoms with Crippen molar-refractivity contribution < 1.29 is 4.74 Å². The van der Waals surface area contributed by atoms with Gasteiger partial charge in [-0.05, 0) is 49.4 Å². The molecule has 2 aromatic heterocycles. The summed E-state index contributed by atoms with van der Waals surface area (Å²) in [5.41, 5.74) is 2.78. The average Bonchev–Trinajstić information content (AvgIpc) is 3.28. The first kappa shape index (κ1) is 18.7. The van der Waals surface area contributed by atoms with Crippen LogP contribution in [0.4, 0.5) is 0 Å². The van der Waals surface area contributed by atoms with Crippen LogP contribution in [0.1, 0.15) is 11.5 Å². The maximum Gasteiger partial charge on any atom is 0.265 e.